The van der Waals surface area contributed by atoms with E-state index in [-0.39, 0.29) is 0 Å². The molecule has 1 N–H and O–H groups in total. The average Bonchev–Trinajstić information content (AvgIpc) is 2.48. The maximum atomic E-state index is 5.15. The van der Waals surface area contributed by atoms with Crippen molar-refractivity contribution < 1.29 is 4.74 Å². The predicted octanol–water partition coefficient (Wildman–Crippen LogP) is 4.55. The van der Waals surface area contributed by atoms with Crippen LogP contribution in [0.2, 0.25) is 0 Å². The van der Waals surface area contributed by atoms with Gasteiger partial charge in [-0.25, -0.2) is 0 Å². The van der Waals surface area contributed by atoms with E-state index in [0.717, 1.165) is 34.2 Å². The molecule has 20 heavy (non-hydrogen) atoms. The Morgan fingerprint density at radius 2 is 1.65 bits per heavy atom. The zero-order valence-corrected chi connectivity index (χ0v) is 14.5. The maximum absolute atomic E-state index is 5.15. The minimum atomic E-state index is 0.877. The van der Waals surface area contributed by atoms with Gasteiger partial charge in [0.15, 0.2) is 0 Å². The lowest BCUT2D eigenvalue weighted by Gasteiger charge is -2.07. The summed E-state index contributed by atoms with van der Waals surface area (Å²) < 4.78 is 7.32. The standard InChI is InChI=1S/C16H17Br2NO/c1-20-14-5-2-12(3-6-14)8-9-19-11-13-4-7-15(17)16(18)10-13/h2-7,10,19H,8-9,11H2,1H3. The summed E-state index contributed by atoms with van der Waals surface area (Å²) in [6, 6.07) is 14.5. The fourth-order valence-electron chi connectivity index (χ4n) is 1.91. The molecular formula is C16H17Br2NO. The van der Waals surface area contributed by atoms with Gasteiger partial charge in [0.2, 0.25) is 0 Å². The van der Waals surface area contributed by atoms with Crippen LogP contribution in [-0.4, -0.2) is 13.7 Å². The van der Waals surface area contributed by atoms with Gasteiger partial charge in [-0.2, -0.15) is 0 Å². The monoisotopic (exact) mass is 397 g/mol. The first-order chi connectivity index (χ1) is 9.69. The lowest BCUT2D eigenvalue weighted by molar-refractivity contribution is 0.414. The fraction of sp³-hybridized carbons (Fsp3) is 0.250. The van der Waals surface area contributed by atoms with Gasteiger partial charge >= 0.3 is 0 Å². The van der Waals surface area contributed by atoms with E-state index in [4.69, 9.17) is 4.74 Å². The number of methoxy groups -OCH3 is 1. The summed E-state index contributed by atoms with van der Waals surface area (Å²) in [5.41, 5.74) is 2.59. The third kappa shape index (κ3) is 4.62. The van der Waals surface area contributed by atoms with Gasteiger partial charge in [0.25, 0.3) is 0 Å². The zero-order chi connectivity index (χ0) is 14.4. The SMILES string of the molecule is COc1ccc(CCNCc2ccc(Br)c(Br)c2)cc1. The minimum Gasteiger partial charge on any atom is -0.497 e. The highest BCUT2D eigenvalue weighted by Crippen LogP contribution is 2.23. The number of nitrogens with one attached hydrogen (secondary N) is 1. The Balaban J connectivity index is 1.76. The van der Waals surface area contributed by atoms with Crippen LogP contribution in [0.15, 0.2) is 51.4 Å². The Morgan fingerprint density at radius 3 is 2.30 bits per heavy atom. The number of rotatable bonds is 6. The van der Waals surface area contributed by atoms with Gasteiger partial charge in [-0.3, -0.25) is 0 Å². The number of benzene rings is 2. The predicted molar refractivity (Wildman–Crippen MR) is 90.2 cm³/mol. The molecular weight excluding hydrogens is 382 g/mol. The molecule has 2 aromatic rings. The lowest BCUT2D eigenvalue weighted by Crippen LogP contribution is -2.16. The van der Waals surface area contributed by atoms with Crippen molar-refractivity contribution in [3.05, 3.63) is 62.5 Å². The summed E-state index contributed by atoms with van der Waals surface area (Å²) >= 11 is 6.99. The third-order valence-electron chi connectivity index (χ3n) is 3.06. The highest BCUT2D eigenvalue weighted by molar-refractivity contribution is 9.13. The Kier molecular flexibility index (Phi) is 6.07. The minimum absolute atomic E-state index is 0.877. The zero-order valence-electron chi connectivity index (χ0n) is 11.3. The van der Waals surface area contributed by atoms with Crippen LogP contribution >= 0.6 is 31.9 Å². The summed E-state index contributed by atoms with van der Waals surface area (Å²) in [7, 11) is 1.69. The van der Waals surface area contributed by atoms with Crippen molar-refractivity contribution in [2.75, 3.05) is 13.7 Å². The van der Waals surface area contributed by atoms with E-state index < -0.39 is 0 Å². The number of hydrogen-bond acceptors (Lipinski definition) is 2. The molecule has 4 heteroatoms. The van der Waals surface area contributed by atoms with Crippen molar-refractivity contribution in [1.82, 2.24) is 5.32 Å². The smallest absolute Gasteiger partial charge is 0.118 e. The van der Waals surface area contributed by atoms with E-state index in [1.807, 2.05) is 12.1 Å². The molecule has 2 aromatic carbocycles. The summed E-state index contributed by atoms with van der Waals surface area (Å²) in [5, 5.41) is 3.46. The van der Waals surface area contributed by atoms with E-state index in [2.05, 4.69) is 67.5 Å². The topological polar surface area (TPSA) is 21.3 Å². The number of ether oxygens (including phenoxy) is 1. The van der Waals surface area contributed by atoms with Crippen LogP contribution in [0.25, 0.3) is 0 Å². The summed E-state index contributed by atoms with van der Waals surface area (Å²) in [4.78, 5) is 0. The van der Waals surface area contributed by atoms with Gasteiger partial charge < -0.3 is 10.1 Å². The van der Waals surface area contributed by atoms with E-state index in [1.54, 1.807) is 7.11 Å². The van der Waals surface area contributed by atoms with Gasteiger partial charge in [-0.15, -0.1) is 0 Å². The normalized spacial score (nSPS) is 10.6. The van der Waals surface area contributed by atoms with Gasteiger partial charge in [0.1, 0.15) is 5.75 Å². The molecule has 2 rings (SSSR count). The van der Waals surface area contributed by atoms with Crippen molar-refractivity contribution in [1.29, 1.82) is 0 Å². The molecule has 0 aliphatic heterocycles. The van der Waals surface area contributed by atoms with Crippen LogP contribution in [0.5, 0.6) is 5.75 Å². The van der Waals surface area contributed by atoms with Crippen molar-refractivity contribution in [2.45, 2.75) is 13.0 Å². The molecule has 0 amide bonds. The summed E-state index contributed by atoms with van der Waals surface area (Å²) in [5.74, 6) is 0.904. The van der Waals surface area contributed by atoms with E-state index >= 15 is 0 Å². The molecule has 0 fully saturated rings. The molecule has 0 atom stereocenters. The van der Waals surface area contributed by atoms with Crippen molar-refractivity contribution in [2.24, 2.45) is 0 Å². The first-order valence-corrected chi connectivity index (χ1v) is 8.05. The van der Waals surface area contributed by atoms with Crippen LogP contribution in [0, 0.1) is 0 Å². The first-order valence-electron chi connectivity index (χ1n) is 6.46. The Morgan fingerprint density at radius 1 is 0.950 bits per heavy atom. The van der Waals surface area contributed by atoms with Gasteiger partial charge in [-0.05, 0) is 80.2 Å². The second-order valence-corrected chi connectivity index (χ2v) is 6.23. The molecule has 0 unspecified atom stereocenters. The average molecular weight is 399 g/mol. The molecule has 2 nitrogen and oxygen atoms in total. The second kappa shape index (κ2) is 7.81. The first kappa shape index (κ1) is 15.5. The molecule has 0 radical (unpaired) electrons. The highest BCUT2D eigenvalue weighted by Gasteiger charge is 1.99. The van der Waals surface area contributed by atoms with Crippen LogP contribution < -0.4 is 10.1 Å². The Bertz CT molecular complexity index is 555. The van der Waals surface area contributed by atoms with Gasteiger partial charge in [0.05, 0.1) is 7.11 Å². The highest BCUT2D eigenvalue weighted by atomic mass is 79.9. The number of hydrogen-bond donors (Lipinski definition) is 1. The fourth-order valence-corrected chi connectivity index (χ4v) is 2.58. The molecule has 0 bridgehead atoms. The quantitative estimate of drug-likeness (QED) is 0.720. The third-order valence-corrected chi connectivity index (χ3v) is 4.94. The molecule has 0 spiro atoms. The Hall–Kier alpha value is -0.840. The molecule has 106 valence electrons. The summed E-state index contributed by atoms with van der Waals surface area (Å²) in [6.07, 6.45) is 1.02. The van der Waals surface area contributed by atoms with Crippen molar-refractivity contribution >= 4 is 31.9 Å². The van der Waals surface area contributed by atoms with Crippen molar-refractivity contribution in [3.8, 4) is 5.75 Å². The van der Waals surface area contributed by atoms with Crippen LogP contribution in [-0.2, 0) is 13.0 Å². The second-order valence-electron chi connectivity index (χ2n) is 4.52. The Labute approximate surface area is 136 Å². The molecule has 0 saturated heterocycles. The molecule has 0 heterocycles. The van der Waals surface area contributed by atoms with Gasteiger partial charge in [0, 0.05) is 15.5 Å². The lowest BCUT2D eigenvalue weighted by atomic mass is 10.1. The van der Waals surface area contributed by atoms with E-state index in [1.165, 1.54) is 11.1 Å². The molecule has 0 aliphatic carbocycles. The number of halogens is 2. The van der Waals surface area contributed by atoms with Crippen molar-refractivity contribution in [3.63, 3.8) is 0 Å². The molecule has 0 aromatic heterocycles. The van der Waals surface area contributed by atoms with Crippen LogP contribution in [0.4, 0.5) is 0 Å². The van der Waals surface area contributed by atoms with Crippen LogP contribution in [0.3, 0.4) is 0 Å². The molecule has 0 saturated carbocycles. The van der Waals surface area contributed by atoms with Crippen LogP contribution in [0.1, 0.15) is 11.1 Å². The van der Waals surface area contributed by atoms with E-state index in [0.29, 0.717) is 0 Å². The summed E-state index contributed by atoms with van der Waals surface area (Å²) in [6.45, 7) is 1.84. The largest absolute Gasteiger partial charge is 0.497 e. The van der Waals surface area contributed by atoms with E-state index in [9.17, 15) is 0 Å². The molecule has 0 aliphatic rings. The maximum Gasteiger partial charge on any atom is 0.118 e. The van der Waals surface area contributed by atoms with Gasteiger partial charge in [-0.1, -0.05) is 18.2 Å².